The Morgan fingerprint density at radius 3 is 2.45 bits per heavy atom. The number of ether oxygens (including phenoxy) is 1. The van der Waals surface area contributed by atoms with Crippen LogP contribution in [0.1, 0.15) is 39.5 Å². The number of hydrogen-bond donors (Lipinski definition) is 1. The summed E-state index contributed by atoms with van der Waals surface area (Å²) in [5.74, 6) is 0.430. The van der Waals surface area contributed by atoms with Crippen molar-refractivity contribution in [2.45, 2.75) is 50.5 Å². The van der Waals surface area contributed by atoms with Gasteiger partial charge >= 0.3 is 0 Å². The van der Waals surface area contributed by atoms with E-state index in [1.807, 2.05) is 0 Å². The van der Waals surface area contributed by atoms with E-state index >= 15 is 0 Å². The van der Waals surface area contributed by atoms with Crippen molar-refractivity contribution >= 4 is 15.9 Å². The van der Waals surface area contributed by atoms with Gasteiger partial charge in [-0.05, 0) is 30.9 Å². The van der Waals surface area contributed by atoms with Crippen LogP contribution in [0.5, 0.6) is 0 Å². The molecule has 3 rings (SSSR count). The molecule has 3 heterocycles. The molecule has 8 nitrogen and oxygen atoms in total. The lowest BCUT2D eigenvalue weighted by molar-refractivity contribution is -0.126. The number of hydrogen-bond acceptors (Lipinski definition) is 6. The lowest BCUT2D eigenvalue weighted by Crippen LogP contribution is -2.53. The average molecular weight is 453 g/mol. The lowest BCUT2D eigenvalue weighted by atomic mass is 9.91. The van der Waals surface area contributed by atoms with Gasteiger partial charge in [-0.15, -0.1) is 0 Å². The fourth-order valence-electron chi connectivity index (χ4n) is 4.69. The Labute approximate surface area is 186 Å². The predicted octanol–water partition coefficient (Wildman–Crippen LogP) is 1.74. The minimum absolute atomic E-state index is 0.0441. The van der Waals surface area contributed by atoms with Crippen molar-refractivity contribution in [1.29, 1.82) is 0 Å². The Balaban J connectivity index is 1.54. The summed E-state index contributed by atoms with van der Waals surface area (Å²) >= 11 is 0. The molecule has 174 valence electrons. The number of piperidine rings is 1. The van der Waals surface area contributed by atoms with Crippen LogP contribution < -0.4 is 5.32 Å². The molecule has 2 saturated heterocycles. The largest absolute Gasteiger partial charge is 0.379 e. The fourth-order valence-corrected chi connectivity index (χ4v) is 6.13. The molecule has 9 heteroatoms. The smallest absolute Gasteiger partial charge is 0.244 e. The number of amides is 1. The van der Waals surface area contributed by atoms with Gasteiger partial charge in [0, 0.05) is 57.1 Å². The van der Waals surface area contributed by atoms with Crippen LogP contribution in [0, 0.1) is 11.8 Å². The summed E-state index contributed by atoms with van der Waals surface area (Å²) in [5.41, 5.74) is 0. The highest BCUT2D eigenvalue weighted by atomic mass is 32.2. The van der Waals surface area contributed by atoms with Crippen LogP contribution >= 0.6 is 0 Å². The van der Waals surface area contributed by atoms with E-state index in [1.165, 1.54) is 10.5 Å². The molecule has 1 aromatic rings. The van der Waals surface area contributed by atoms with Crippen LogP contribution in [0.15, 0.2) is 29.4 Å². The van der Waals surface area contributed by atoms with Crippen molar-refractivity contribution in [2.75, 3.05) is 45.9 Å². The normalized spacial score (nSPS) is 20.6. The molecule has 0 aliphatic carbocycles. The quantitative estimate of drug-likeness (QED) is 0.614. The van der Waals surface area contributed by atoms with E-state index in [4.69, 9.17) is 4.74 Å². The number of nitrogens with zero attached hydrogens (tertiary/aromatic N) is 3. The maximum atomic E-state index is 12.9. The number of sulfonamides is 1. The van der Waals surface area contributed by atoms with Gasteiger partial charge in [-0.3, -0.25) is 14.7 Å². The minimum atomic E-state index is -3.55. The Hall–Kier alpha value is -1.55. The topological polar surface area (TPSA) is 91.8 Å². The van der Waals surface area contributed by atoms with Gasteiger partial charge in [0.2, 0.25) is 15.9 Å². The number of pyridine rings is 1. The number of carbonyl (C=O) groups excluding carboxylic acids is 1. The molecule has 0 saturated carbocycles. The molecular weight excluding hydrogens is 416 g/mol. The molecule has 0 radical (unpaired) electrons. The highest BCUT2D eigenvalue weighted by Gasteiger charge is 2.33. The van der Waals surface area contributed by atoms with Crippen LogP contribution in [0.4, 0.5) is 0 Å². The van der Waals surface area contributed by atoms with Crippen LogP contribution in [0.3, 0.4) is 0 Å². The first-order chi connectivity index (χ1) is 15.0. The van der Waals surface area contributed by atoms with Crippen LogP contribution in [-0.2, 0) is 19.6 Å². The molecule has 1 amide bonds. The first kappa shape index (κ1) is 24.1. The van der Waals surface area contributed by atoms with E-state index in [0.717, 1.165) is 39.1 Å². The Kier molecular flexibility index (Phi) is 8.83. The minimum Gasteiger partial charge on any atom is -0.379 e. The average Bonchev–Trinajstić information content (AvgIpc) is 2.82. The molecule has 1 unspecified atom stereocenters. The van der Waals surface area contributed by atoms with E-state index in [1.54, 1.807) is 18.3 Å². The standard InChI is InChI=1S/C22H36N4O4S/c1-3-18(4-2)21(25-12-14-30-15-13-25)17-24-22(27)19-7-10-26(11-8-19)31(28,29)20-6-5-9-23-16-20/h5-6,9,16,18-19,21H,3-4,7-8,10-15,17H2,1-2H3,(H,24,27). The molecule has 2 aliphatic heterocycles. The van der Waals surface area contributed by atoms with Gasteiger partial charge in [-0.25, -0.2) is 8.42 Å². The summed E-state index contributed by atoms with van der Waals surface area (Å²) in [7, 11) is -3.55. The number of carbonyl (C=O) groups is 1. The molecule has 0 spiro atoms. The van der Waals surface area contributed by atoms with Crippen molar-refractivity contribution < 1.29 is 17.9 Å². The van der Waals surface area contributed by atoms with Gasteiger partial charge < -0.3 is 10.1 Å². The zero-order valence-corrected chi connectivity index (χ0v) is 19.5. The predicted molar refractivity (Wildman–Crippen MR) is 119 cm³/mol. The highest BCUT2D eigenvalue weighted by Crippen LogP contribution is 2.24. The van der Waals surface area contributed by atoms with Crippen molar-refractivity contribution in [3.8, 4) is 0 Å². The molecule has 1 N–H and O–H groups in total. The summed E-state index contributed by atoms with van der Waals surface area (Å²) in [6.45, 7) is 9.07. The molecule has 31 heavy (non-hydrogen) atoms. The third-order valence-corrected chi connectivity index (χ3v) is 8.57. The first-order valence-electron chi connectivity index (χ1n) is 11.5. The Morgan fingerprint density at radius 1 is 1.19 bits per heavy atom. The monoisotopic (exact) mass is 452 g/mol. The van der Waals surface area contributed by atoms with Crippen LogP contribution in [0.25, 0.3) is 0 Å². The second-order valence-corrected chi connectivity index (χ2v) is 10.3. The van der Waals surface area contributed by atoms with Crippen LogP contribution in [0.2, 0.25) is 0 Å². The Morgan fingerprint density at radius 2 is 1.87 bits per heavy atom. The third kappa shape index (κ3) is 6.03. The zero-order valence-electron chi connectivity index (χ0n) is 18.7. The Bertz CT molecular complexity index is 787. The SMILES string of the molecule is CCC(CC)C(CNC(=O)C1CCN(S(=O)(=O)c2cccnc2)CC1)N1CCOCC1. The summed E-state index contributed by atoms with van der Waals surface area (Å²) in [4.78, 5) is 19.4. The van der Waals surface area contributed by atoms with E-state index in [-0.39, 0.29) is 16.7 Å². The van der Waals surface area contributed by atoms with Crippen molar-refractivity contribution in [3.63, 3.8) is 0 Å². The van der Waals surface area contributed by atoms with E-state index < -0.39 is 10.0 Å². The molecule has 1 aromatic heterocycles. The zero-order chi connectivity index (χ0) is 22.3. The van der Waals surface area contributed by atoms with Gasteiger partial charge in [0.15, 0.2) is 0 Å². The van der Waals surface area contributed by atoms with E-state index in [2.05, 4.69) is 29.0 Å². The van der Waals surface area contributed by atoms with Gasteiger partial charge in [0.1, 0.15) is 4.90 Å². The highest BCUT2D eigenvalue weighted by molar-refractivity contribution is 7.89. The van der Waals surface area contributed by atoms with Crippen molar-refractivity contribution in [1.82, 2.24) is 19.5 Å². The molecule has 0 bridgehead atoms. The maximum Gasteiger partial charge on any atom is 0.244 e. The number of morpholine rings is 1. The van der Waals surface area contributed by atoms with Gasteiger partial charge in [-0.2, -0.15) is 4.31 Å². The second-order valence-electron chi connectivity index (χ2n) is 8.40. The number of rotatable bonds is 9. The molecular formula is C22H36N4O4S. The second kappa shape index (κ2) is 11.4. The van der Waals surface area contributed by atoms with Gasteiger partial charge in [0.25, 0.3) is 0 Å². The van der Waals surface area contributed by atoms with Gasteiger partial charge in [0.05, 0.1) is 13.2 Å². The van der Waals surface area contributed by atoms with Crippen molar-refractivity contribution in [2.24, 2.45) is 11.8 Å². The fraction of sp³-hybridized carbons (Fsp3) is 0.727. The molecule has 2 fully saturated rings. The number of aromatic nitrogens is 1. The van der Waals surface area contributed by atoms with Gasteiger partial charge in [-0.1, -0.05) is 26.7 Å². The summed E-state index contributed by atoms with van der Waals surface area (Å²) in [6, 6.07) is 3.50. The third-order valence-electron chi connectivity index (χ3n) is 6.69. The van der Waals surface area contributed by atoms with Crippen LogP contribution in [-0.4, -0.2) is 80.5 Å². The lowest BCUT2D eigenvalue weighted by Gasteiger charge is -2.39. The van der Waals surface area contributed by atoms with Crippen molar-refractivity contribution in [3.05, 3.63) is 24.5 Å². The van der Waals surface area contributed by atoms with E-state index in [9.17, 15) is 13.2 Å². The number of nitrogens with one attached hydrogen (secondary N) is 1. The molecule has 1 atom stereocenters. The molecule has 2 aliphatic rings. The first-order valence-corrected chi connectivity index (χ1v) is 12.9. The maximum absolute atomic E-state index is 12.9. The van der Waals surface area contributed by atoms with E-state index in [0.29, 0.717) is 44.4 Å². The summed E-state index contributed by atoms with van der Waals surface area (Å²) in [6.07, 6.45) is 6.17. The summed E-state index contributed by atoms with van der Waals surface area (Å²) < 4.78 is 32.5. The summed E-state index contributed by atoms with van der Waals surface area (Å²) in [5, 5.41) is 3.18. The molecule has 0 aromatic carbocycles.